The van der Waals surface area contributed by atoms with E-state index in [0.717, 1.165) is 24.8 Å². The van der Waals surface area contributed by atoms with Crippen molar-refractivity contribution < 1.29 is 14.7 Å². The standard InChI is InChI=1S/C15H21N3O3/c1-21-13-4-2-3-12(13)17-14(19)9-10-5-7-11(8-6-10)15(16)18-20/h5-8,12-13,20H,2-4,9H2,1H3,(H2,16,18)(H,17,19). The number of carbonyl (C=O) groups is 1. The molecule has 6 heteroatoms. The van der Waals surface area contributed by atoms with Crippen molar-refractivity contribution in [2.75, 3.05) is 7.11 Å². The predicted octanol–water partition coefficient (Wildman–Crippen LogP) is 1.01. The second-order valence-corrected chi connectivity index (χ2v) is 5.24. The molecule has 1 amide bonds. The van der Waals surface area contributed by atoms with Crippen LogP contribution in [0.25, 0.3) is 0 Å². The maximum Gasteiger partial charge on any atom is 0.224 e. The molecule has 1 aliphatic rings. The Morgan fingerprint density at radius 3 is 2.76 bits per heavy atom. The van der Waals surface area contributed by atoms with Crippen LogP contribution in [0.4, 0.5) is 0 Å². The topological polar surface area (TPSA) is 96.9 Å². The molecule has 21 heavy (non-hydrogen) atoms. The number of amidine groups is 1. The van der Waals surface area contributed by atoms with Gasteiger partial charge in [0.05, 0.1) is 18.6 Å². The molecule has 0 saturated heterocycles. The summed E-state index contributed by atoms with van der Waals surface area (Å²) in [4.78, 5) is 12.0. The Morgan fingerprint density at radius 2 is 2.14 bits per heavy atom. The molecule has 0 spiro atoms. The molecule has 0 heterocycles. The molecule has 0 aliphatic heterocycles. The molecule has 1 aliphatic carbocycles. The number of carbonyl (C=O) groups excluding carboxylic acids is 1. The molecular weight excluding hydrogens is 270 g/mol. The zero-order valence-corrected chi connectivity index (χ0v) is 12.1. The zero-order chi connectivity index (χ0) is 15.2. The Morgan fingerprint density at radius 1 is 1.43 bits per heavy atom. The van der Waals surface area contributed by atoms with Gasteiger partial charge in [0.25, 0.3) is 0 Å². The second kappa shape index (κ2) is 7.08. The number of hydrogen-bond acceptors (Lipinski definition) is 4. The predicted molar refractivity (Wildman–Crippen MR) is 79.2 cm³/mol. The van der Waals surface area contributed by atoms with E-state index in [1.807, 2.05) is 0 Å². The van der Waals surface area contributed by atoms with E-state index in [1.54, 1.807) is 31.4 Å². The van der Waals surface area contributed by atoms with Gasteiger partial charge >= 0.3 is 0 Å². The third-order valence-corrected chi connectivity index (χ3v) is 3.82. The van der Waals surface area contributed by atoms with Gasteiger partial charge in [0.1, 0.15) is 0 Å². The lowest BCUT2D eigenvalue weighted by Crippen LogP contribution is -2.41. The zero-order valence-electron chi connectivity index (χ0n) is 12.1. The number of oxime groups is 1. The van der Waals surface area contributed by atoms with Gasteiger partial charge in [-0.3, -0.25) is 4.79 Å². The highest BCUT2D eigenvalue weighted by molar-refractivity contribution is 5.97. The molecule has 0 bridgehead atoms. The Kier molecular flexibility index (Phi) is 5.16. The summed E-state index contributed by atoms with van der Waals surface area (Å²) in [6.07, 6.45) is 3.47. The first-order valence-corrected chi connectivity index (χ1v) is 7.03. The van der Waals surface area contributed by atoms with Crippen LogP contribution >= 0.6 is 0 Å². The van der Waals surface area contributed by atoms with Gasteiger partial charge in [-0.15, -0.1) is 0 Å². The number of methoxy groups -OCH3 is 1. The number of nitrogens with one attached hydrogen (secondary N) is 1. The summed E-state index contributed by atoms with van der Waals surface area (Å²) in [7, 11) is 1.68. The molecule has 1 aromatic carbocycles. The fraction of sp³-hybridized carbons (Fsp3) is 0.467. The first-order valence-electron chi connectivity index (χ1n) is 7.03. The number of ether oxygens (including phenoxy) is 1. The fourth-order valence-electron chi connectivity index (χ4n) is 2.67. The molecule has 0 radical (unpaired) electrons. The Hall–Kier alpha value is -2.08. The molecule has 114 valence electrons. The maximum atomic E-state index is 12.0. The SMILES string of the molecule is COC1CCCC1NC(=O)Cc1ccc(C(N)=NO)cc1. The highest BCUT2D eigenvalue weighted by atomic mass is 16.5. The van der Waals surface area contributed by atoms with Gasteiger partial charge in [-0.25, -0.2) is 0 Å². The Labute approximate surface area is 124 Å². The number of benzene rings is 1. The molecule has 1 saturated carbocycles. The van der Waals surface area contributed by atoms with Crippen LogP contribution in [0, 0.1) is 0 Å². The summed E-state index contributed by atoms with van der Waals surface area (Å²) in [5, 5.41) is 14.6. The van der Waals surface area contributed by atoms with Crippen molar-refractivity contribution in [1.29, 1.82) is 0 Å². The van der Waals surface area contributed by atoms with Gasteiger partial charge in [0.15, 0.2) is 5.84 Å². The first-order chi connectivity index (χ1) is 10.1. The second-order valence-electron chi connectivity index (χ2n) is 5.24. The van der Waals surface area contributed by atoms with Crippen LogP contribution in [-0.2, 0) is 16.0 Å². The number of nitrogens with zero attached hydrogens (tertiary/aromatic N) is 1. The van der Waals surface area contributed by atoms with Crippen LogP contribution in [0.1, 0.15) is 30.4 Å². The van der Waals surface area contributed by atoms with E-state index >= 15 is 0 Å². The highest BCUT2D eigenvalue weighted by Gasteiger charge is 2.28. The van der Waals surface area contributed by atoms with E-state index in [-0.39, 0.29) is 23.9 Å². The largest absolute Gasteiger partial charge is 0.409 e. The van der Waals surface area contributed by atoms with Crippen molar-refractivity contribution in [3.8, 4) is 0 Å². The normalized spacial score (nSPS) is 22.2. The summed E-state index contributed by atoms with van der Waals surface area (Å²) in [5.74, 6) is 0.0420. The molecule has 1 aromatic rings. The lowest BCUT2D eigenvalue weighted by Gasteiger charge is -2.19. The summed E-state index contributed by atoms with van der Waals surface area (Å²) in [6, 6.07) is 7.17. The average molecular weight is 291 g/mol. The molecule has 2 rings (SSSR count). The smallest absolute Gasteiger partial charge is 0.224 e. The van der Waals surface area contributed by atoms with Crippen LogP contribution in [0.2, 0.25) is 0 Å². The van der Waals surface area contributed by atoms with Gasteiger partial charge in [-0.1, -0.05) is 29.4 Å². The molecule has 2 unspecified atom stereocenters. The van der Waals surface area contributed by atoms with E-state index in [2.05, 4.69) is 10.5 Å². The third-order valence-electron chi connectivity index (χ3n) is 3.82. The van der Waals surface area contributed by atoms with Crippen molar-refractivity contribution in [2.45, 2.75) is 37.8 Å². The van der Waals surface area contributed by atoms with Crippen LogP contribution in [0.5, 0.6) is 0 Å². The van der Waals surface area contributed by atoms with Gasteiger partial charge in [-0.2, -0.15) is 0 Å². The van der Waals surface area contributed by atoms with Gasteiger partial charge in [-0.05, 0) is 24.8 Å². The van der Waals surface area contributed by atoms with Gasteiger partial charge in [0.2, 0.25) is 5.91 Å². The average Bonchev–Trinajstić information content (AvgIpc) is 2.94. The summed E-state index contributed by atoms with van der Waals surface area (Å²) >= 11 is 0. The van der Waals surface area contributed by atoms with E-state index in [4.69, 9.17) is 15.7 Å². The number of hydrogen-bond donors (Lipinski definition) is 3. The summed E-state index contributed by atoms with van der Waals surface area (Å²) < 4.78 is 5.36. The van der Waals surface area contributed by atoms with Crippen LogP contribution < -0.4 is 11.1 Å². The monoisotopic (exact) mass is 291 g/mol. The van der Waals surface area contributed by atoms with Crippen molar-refractivity contribution in [2.24, 2.45) is 10.9 Å². The number of nitrogens with two attached hydrogens (primary N) is 1. The quantitative estimate of drug-likeness (QED) is 0.326. The lowest BCUT2D eigenvalue weighted by molar-refractivity contribution is -0.121. The van der Waals surface area contributed by atoms with Gasteiger partial charge in [0, 0.05) is 12.7 Å². The Bertz CT molecular complexity index is 513. The van der Waals surface area contributed by atoms with Crippen molar-refractivity contribution in [1.82, 2.24) is 5.32 Å². The lowest BCUT2D eigenvalue weighted by atomic mass is 10.1. The van der Waals surface area contributed by atoms with E-state index in [1.165, 1.54) is 0 Å². The third kappa shape index (κ3) is 3.95. The number of rotatable bonds is 5. The molecular formula is C15H21N3O3. The molecule has 2 atom stereocenters. The summed E-state index contributed by atoms with van der Waals surface area (Å²) in [5.41, 5.74) is 7.00. The van der Waals surface area contributed by atoms with E-state index in [9.17, 15) is 4.79 Å². The van der Waals surface area contributed by atoms with Crippen LogP contribution in [0.3, 0.4) is 0 Å². The maximum absolute atomic E-state index is 12.0. The summed E-state index contributed by atoms with van der Waals surface area (Å²) in [6.45, 7) is 0. The van der Waals surface area contributed by atoms with Crippen LogP contribution in [-0.4, -0.2) is 36.2 Å². The first kappa shape index (κ1) is 15.3. The molecule has 0 aromatic heterocycles. The minimum atomic E-state index is -0.0134. The van der Waals surface area contributed by atoms with Crippen molar-refractivity contribution in [3.05, 3.63) is 35.4 Å². The minimum absolute atomic E-state index is 0.0134. The fourth-order valence-corrected chi connectivity index (χ4v) is 2.67. The van der Waals surface area contributed by atoms with E-state index < -0.39 is 0 Å². The molecule has 4 N–H and O–H groups in total. The van der Waals surface area contributed by atoms with E-state index in [0.29, 0.717) is 12.0 Å². The Balaban J connectivity index is 1.90. The minimum Gasteiger partial charge on any atom is -0.409 e. The van der Waals surface area contributed by atoms with Crippen LogP contribution in [0.15, 0.2) is 29.4 Å². The van der Waals surface area contributed by atoms with Crippen molar-refractivity contribution in [3.63, 3.8) is 0 Å². The molecule has 1 fully saturated rings. The van der Waals surface area contributed by atoms with Crippen molar-refractivity contribution >= 4 is 11.7 Å². The molecule has 6 nitrogen and oxygen atoms in total. The number of amides is 1. The highest BCUT2D eigenvalue weighted by Crippen LogP contribution is 2.21. The van der Waals surface area contributed by atoms with Gasteiger partial charge < -0.3 is 21.0 Å².